The number of benzene rings is 4. The van der Waals surface area contributed by atoms with Gasteiger partial charge in [-0.15, -0.1) is 0 Å². The van der Waals surface area contributed by atoms with Crippen LogP contribution in [0.25, 0.3) is 0 Å². The summed E-state index contributed by atoms with van der Waals surface area (Å²) in [5.74, 6) is -1.07. The summed E-state index contributed by atoms with van der Waals surface area (Å²) in [4.78, 5) is 28.9. The number of nitrogens with zero attached hydrogens (tertiary/aromatic N) is 2. The molecule has 4 rings (SSSR count). The number of halogens is 1. The maximum atomic E-state index is 14.9. The molecular formula is C35H38FN3O5S. The lowest BCUT2D eigenvalue weighted by atomic mass is 10.0. The number of carbonyl (C=O) groups excluding carboxylic acids is 2. The van der Waals surface area contributed by atoms with E-state index < -0.39 is 40.2 Å². The second-order valence-electron chi connectivity index (χ2n) is 10.6. The van der Waals surface area contributed by atoms with Crippen molar-refractivity contribution >= 4 is 27.5 Å². The molecule has 0 unspecified atom stereocenters. The van der Waals surface area contributed by atoms with E-state index in [0.29, 0.717) is 25.3 Å². The van der Waals surface area contributed by atoms with Gasteiger partial charge in [0.15, 0.2) is 0 Å². The van der Waals surface area contributed by atoms with Crippen LogP contribution in [0.3, 0.4) is 0 Å². The molecule has 0 radical (unpaired) electrons. The zero-order valence-electron chi connectivity index (χ0n) is 25.4. The third-order valence-electron chi connectivity index (χ3n) is 7.17. The first-order valence-electron chi connectivity index (χ1n) is 14.7. The summed E-state index contributed by atoms with van der Waals surface area (Å²) in [6.45, 7) is 1.81. The predicted octanol–water partition coefficient (Wildman–Crippen LogP) is 5.34. The van der Waals surface area contributed by atoms with Gasteiger partial charge in [-0.1, -0.05) is 85.8 Å². The molecule has 0 spiro atoms. The number of hydrogen-bond acceptors (Lipinski definition) is 5. The number of anilines is 1. The fourth-order valence-electron chi connectivity index (χ4n) is 4.79. The quantitative estimate of drug-likeness (QED) is 0.191. The van der Waals surface area contributed by atoms with Gasteiger partial charge in [0, 0.05) is 25.1 Å². The van der Waals surface area contributed by atoms with E-state index >= 15 is 0 Å². The molecule has 4 aromatic rings. The number of ether oxygens (including phenoxy) is 1. The number of nitrogens with one attached hydrogen (secondary N) is 1. The van der Waals surface area contributed by atoms with Crippen LogP contribution >= 0.6 is 0 Å². The van der Waals surface area contributed by atoms with Crippen molar-refractivity contribution in [2.75, 3.05) is 23.7 Å². The Morgan fingerprint density at radius 1 is 0.844 bits per heavy atom. The zero-order chi connectivity index (χ0) is 32.2. The number of amides is 2. The first-order chi connectivity index (χ1) is 21.7. The van der Waals surface area contributed by atoms with Crippen LogP contribution in [-0.2, 0) is 39.2 Å². The van der Waals surface area contributed by atoms with Gasteiger partial charge in [-0.25, -0.2) is 12.8 Å². The standard InChI is InChI=1S/C35H38FN3O5S/c1-3-22-37-35(41)33(23-27-12-6-4-7-13-27)38(24-29-16-10-11-17-32(29)36)34(40)25-39(45(2,42)43)30-18-20-31(21-19-30)44-26-28-14-8-5-9-15-28/h4-21,33H,3,22-26H2,1-2H3,(H,37,41)/t33-/m1/s1. The van der Waals surface area contributed by atoms with Gasteiger partial charge in [0.2, 0.25) is 21.8 Å². The lowest BCUT2D eigenvalue weighted by molar-refractivity contribution is -0.140. The molecule has 1 atom stereocenters. The number of hydrogen-bond donors (Lipinski definition) is 1. The molecule has 0 aliphatic carbocycles. The van der Waals surface area contributed by atoms with Gasteiger partial charge in [-0.2, -0.15) is 0 Å². The highest BCUT2D eigenvalue weighted by molar-refractivity contribution is 7.92. The molecule has 0 aliphatic heterocycles. The molecule has 0 bridgehead atoms. The summed E-state index contributed by atoms with van der Waals surface area (Å²) >= 11 is 0. The maximum Gasteiger partial charge on any atom is 0.244 e. The number of carbonyl (C=O) groups is 2. The summed E-state index contributed by atoms with van der Waals surface area (Å²) in [7, 11) is -3.94. The maximum absolute atomic E-state index is 14.9. The Hall–Kier alpha value is -4.70. The lowest BCUT2D eigenvalue weighted by Gasteiger charge is -2.33. The number of rotatable bonds is 15. The van der Waals surface area contributed by atoms with Gasteiger partial charge < -0.3 is 15.0 Å². The summed E-state index contributed by atoms with van der Waals surface area (Å²) in [5, 5.41) is 2.86. The van der Waals surface area contributed by atoms with Crippen molar-refractivity contribution in [3.05, 3.63) is 132 Å². The van der Waals surface area contributed by atoms with Gasteiger partial charge in [0.1, 0.15) is 30.8 Å². The highest BCUT2D eigenvalue weighted by Gasteiger charge is 2.33. The second kappa shape index (κ2) is 15.9. The van der Waals surface area contributed by atoms with Gasteiger partial charge in [0.05, 0.1) is 11.9 Å². The third-order valence-corrected chi connectivity index (χ3v) is 8.31. The van der Waals surface area contributed by atoms with Crippen LogP contribution in [0.2, 0.25) is 0 Å². The molecule has 0 heterocycles. The molecule has 0 aliphatic rings. The van der Waals surface area contributed by atoms with Gasteiger partial charge in [-0.05, 0) is 47.9 Å². The van der Waals surface area contributed by atoms with E-state index in [9.17, 15) is 22.4 Å². The van der Waals surface area contributed by atoms with Crippen molar-refractivity contribution in [1.82, 2.24) is 10.2 Å². The second-order valence-corrected chi connectivity index (χ2v) is 12.6. The summed E-state index contributed by atoms with van der Waals surface area (Å²) in [5.41, 5.74) is 2.23. The van der Waals surface area contributed by atoms with E-state index in [1.54, 1.807) is 42.5 Å². The van der Waals surface area contributed by atoms with E-state index in [2.05, 4.69) is 5.32 Å². The average Bonchev–Trinajstić information content (AvgIpc) is 3.04. The lowest BCUT2D eigenvalue weighted by Crippen LogP contribution is -2.53. The van der Waals surface area contributed by atoms with E-state index in [-0.39, 0.29) is 24.2 Å². The van der Waals surface area contributed by atoms with E-state index in [4.69, 9.17) is 4.74 Å². The average molecular weight is 632 g/mol. The third kappa shape index (κ3) is 9.64. The van der Waals surface area contributed by atoms with Crippen molar-refractivity contribution < 1.29 is 27.1 Å². The van der Waals surface area contributed by atoms with E-state index in [1.165, 1.54) is 11.0 Å². The molecule has 0 aromatic heterocycles. The smallest absolute Gasteiger partial charge is 0.244 e. The molecule has 0 saturated heterocycles. The molecule has 45 heavy (non-hydrogen) atoms. The van der Waals surface area contributed by atoms with Crippen LogP contribution in [0, 0.1) is 5.82 Å². The fraction of sp³-hybridized carbons (Fsp3) is 0.257. The van der Waals surface area contributed by atoms with E-state index in [1.807, 2.05) is 67.6 Å². The Morgan fingerprint density at radius 3 is 2.04 bits per heavy atom. The highest BCUT2D eigenvalue weighted by atomic mass is 32.2. The van der Waals surface area contributed by atoms with Crippen molar-refractivity contribution in [2.45, 2.75) is 39.0 Å². The molecule has 0 saturated carbocycles. The molecule has 236 valence electrons. The van der Waals surface area contributed by atoms with E-state index in [0.717, 1.165) is 21.7 Å². The van der Waals surface area contributed by atoms with Crippen molar-refractivity contribution in [1.29, 1.82) is 0 Å². The molecule has 8 nitrogen and oxygen atoms in total. The molecule has 0 fully saturated rings. The largest absolute Gasteiger partial charge is 0.489 e. The SMILES string of the molecule is CCCNC(=O)[C@@H](Cc1ccccc1)N(Cc1ccccc1F)C(=O)CN(c1ccc(OCc2ccccc2)cc1)S(C)(=O)=O. The minimum atomic E-state index is -3.94. The van der Waals surface area contributed by atoms with Gasteiger partial charge >= 0.3 is 0 Å². The Labute approximate surface area is 264 Å². The predicted molar refractivity (Wildman–Crippen MR) is 174 cm³/mol. The van der Waals surface area contributed by atoms with Crippen LogP contribution in [-0.4, -0.2) is 50.5 Å². The first kappa shape index (κ1) is 33.2. The molecule has 10 heteroatoms. The minimum Gasteiger partial charge on any atom is -0.489 e. The Bertz CT molecular complexity index is 1650. The van der Waals surface area contributed by atoms with Gasteiger partial charge in [-0.3, -0.25) is 13.9 Å². The molecular weight excluding hydrogens is 593 g/mol. The van der Waals surface area contributed by atoms with Crippen LogP contribution in [0.4, 0.5) is 10.1 Å². The summed E-state index contributed by atoms with van der Waals surface area (Å²) < 4.78 is 47.7. The van der Waals surface area contributed by atoms with Crippen LogP contribution in [0.15, 0.2) is 109 Å². The highest BCUT2D eigenvalue weighted by Crippen LogP contribution is 2.24. The monoisotopic (exact) mass is 631 g/mol. The summed E-state index contributed by atoms with van der Waals surface area (Å²) in [6, 6.07) is 30.2. The van der Waals surface area contributed by atoms with Crippen molar-refractivity contribution in [2.24, 2.45) is 0 Å². The minimum absolute atomic E-state index is 0.156. The molecule has 2 amide bonds. The van der Waals surface area contributed by atoms with Crippen molar-refractivity contribution in [3.63, 3.8) is 0 Å². The first-order valence-corrected chi connectivity index (χ1v) is 16.6. The fourth-order valence-corrected chi connectivity index (χ4v) is 5.64. The zero-order valence-corrected chi connectivity index (χ0v) is 26.3. The summed E-state index contributed by atoms with van der Waals surface area (Å²) in [6.07, 6.45) is 1.84. The van der Waals surface area contributed by atoms with Crippen LogP contribution in [0.1, 0.15) is 30.0 Å². The molecule has 1 N–H and O–H groups in total. The Balaban J connectivity index is 1.64. The van der Waals surface area contributed by atoms with Crippen LogP contribution in [0.5, 0.6) is 5.75 Å². The van der Waals surface area contributed by atoms with Crippen LogP contribution < -0.4 is 14.4 Å². The molecule has 4 aromatic carbocycles. The number of sulfonamides is 1. The van der Waals surface area contributed by atoms with Gasteiger partial charge in [0.25, 0.3) is 0 Å². The Kier molecular flexibility index (Phi) is 11.7. The topological polar surface area (TPSA) is 96.0 Å². The Morgan fingerprint density at radius 2 is 1.44 bits per heavy atom. The normalized spacial score (nSPS) is 11.8. The van der Waals surface area contributed by atoms with Crippen molar-refractivity contribution in [3.8, 4) is 5.75 Å².